The van der Waals surface area contributed by atoms with E-state index < -0.39 is 52.5 Å². The van der Waals surface area contributed by atoms with E-state index in [1.54, 1.807) is 14.0 Å². The van der Waals surface area contributed by atoms with E-state index >= 15 is 0 Å². The molecule has 270 valence electrons. The third-order valence-electron chi connectivity index (χ3n) is 11.8. The van der Waals surface area contributed by atoms with Gasteiger partial charge in [0, 0.05) is 22.6 Å². The number of aromatic nitrogens is 2. The van der Waals surface area contributed by atoms with Crippen LogP contribution in [-0.4, -0.2) is 39.8 Å². The molecule has 1 fully saturated rings. The molecule has 3 aliphatic carbocycles. The Kier molecular flexibility index (Phi) is 7.99. The summed E-state index contributed by atoms with van der Waals surface area (Å²) in [5.74, 6) is -1.39. The summed E-state index contributed by atoms with van der Waals surface area (Å²) in [5.41, 5.74) is 2.13. The quantitative estimate of drug-likeness (QED) is 0.100. The number of hydrogen-bond donors (Lipinski definition) is 1. The molecule has 1 saturated heterocycles. The van der Waals surface area contributed by atoms with Gasteiger partial charge in [-0.05, 0) is 58.0 Å². The predicted octanol–water partition coefficient (Wildman–Crippen LogP) is 6.68. The van der Waals surface area contributed by atoms with Crippen molar-refractivity contribution < 1.29 is 19.1 Å². The molecule has 10 nitrogen and oxygen atoms in total. The van der Waals surface area contributed by atoms with Crippen LogP contribution in [0.3, 0.4) is 0 Å². The molecule has 2 heterocycles. The average Bonchev–Trinajstić information content (AvgIpc) is 3.57. The molecular weight excluding hydrogens is 682 g/mol. The van der Waals surface area contributed by atoms with Gasteiger partial charge in [-0.2, -0.15) is 0 Å². The molecule has 0 amide bonds. The second-order valence-corrected chi connectivity index (χ2v) is 14.3. The molecule has 2 bridgehead atoms. The molecule has 54 heavy (non-hydrogen) atoms. The van der Waals surface area contributed by atoms with Crippen LogP contribution in [0.2, 0.25) is 0 Å². The normalized spacial score (nSPS) is 23.6. The molecule has 0 unspecified atom stereocenters. The van der Waals surface area contributed by atoms with E-state index in [2.05, 4.69) is 4.98 Å². The number of hydrogen-bond acceptors (Lipinski definition) is 7. The standard InChI is InChI=1S/C44H37N3O7/c1-27-25-46(42(49)45-40(27)48)41-39-37-32-17-9-11-19-34(32)38(35-20-12-10-18-33(35)37)43(39,47(50)51)36(54-41)26-53-44(28-13-5-3-6-14-28,29-15-7-4-8-16-29)30-21-23-31(52-2)24-22-30/h3-25,36-39,41H,26H2,1-2H3,(H,45,48,49)/t36-,37?,38?,39+,41-,43-/m1/s1. The van der Waals surface area contributed by atoms with Crippen LogP contribution in [0.1, 0.15) is 62.6 Å². The number of rotatable bonds is 9. The molecule has 0 saturated carbocycles. The van der Waals surface area contributed by atoms with Gasteiger partial charge in [-0.15, -0.1) is 0 Å². The Balaban J connectivity index is 1.28. The van der Waals surface area contributed by atoms with Gasteiger partial charge in [0.05, 0.1) is 25.6 Å². The highest BCUT2D eigenvalue weighted by Crippen LogP contribution is 2.68. The highest BCUT2D eigenvalue weighted by atomic mass is 16.6. The van der Waals surface area contributed by atoms with E-state index in [1.165, 1.54) is 10.8 Å². The Morgan fingerprint density at radius 2 is 1.30 bits per heavy atom. The fourth-order valence-corrected chi connectivity index (χ4v) is 9.60. The first-order valence-electron chi connectivity index (χ1n) is 18.0. The van der Waals surface area contributed by atoms with Crippen LogP contribution >= 0.6 is 0 Å². The highest BCUT2D eigenvalue weighted by Gasteiger charge is 2.77. The minimum absolute atomic E-state index is 0.182. The Morgan fingerprint density at radius 3 is 1.83 bits per heavy atom. The molecule has 0 spiro atoms. The Labute approximate surface area is 310 Å². The summed E-state index contributed by atoms with van der Waals surface area (Å²) < 4.78 is 21.1. The first-order valence-corrected chi connectivity index (χ1v) is 18.0. The number of aromatic amines is 1. The summed E-state index contributed by atoms with van der Waals surface area (Å²) >= 11 is 0. The van der Waals surface area contributed by atoms with Gasteiger partial charge in [-0.1, -0.05) is 121 Å². The van der Waals surface area contributed by atoms with Crippen molar-refractivity contribution in [2.24, 2.45) is 5.92 Å². The maximum Gasteiger partial charge on any atom is 0.330 e. The van der Waals surface area contributed by atoms with Gasteiger partial charge in [0.15, 0.2) is 6.10 Å². The lowest BCUT2D eigenvalue weighted by atomic mass is 9.50. The summed E-state index contributed by atoms with van der Waals surface area (Å²) in [6.07, 6.45) is -0.805. The third-order valence-corrected chi connectivity index (χ3v) is 11.8. The molecule has 10 rings (SSSR count). The van der Waals surface area contributed by atoms with Crippen molar-refractivity contribution in [1.82, 2.24) is 9.55 Å². The largest absolute Gasteiger partial charge is 0.497 e. The first kappa shape index (κ1) is 33.7. The van der Waals surface area contributed by atoms with Crippen LogP contribution in [0, 0.1) is 23.0 Å². The predicted molar refractivity (Wildman–Crippen MR) is 201 cm³/mol. The van der Waals surface area contributed by atoms with Crippen molar-refractivity contribution in [1.29, 1.82) is 0 Å². The lowest BCUT2D eigenvalue weighted by Gasteiger charge is -2.51. The SMILES string of the molecule is COc1ccc(C(OC[C@H]2O[C@@H](n3cc(C)c(=O)[nH]c3=O)[C@@H]3C4c5ccccc5C(c5ccccc54)[C@]23[N+](=O)[O-])(c2ccccc2)c2ccccc2)cc1. The maximum atomic E-state index is 14.3. The van der Waals surface area contributed by atoms with Crippen molar-refractivity contribution in [2.45, 2.75) is 42.2 Å². The van der Waals surface area contributed by atoms with Crippen LogP contribution in [0.25, 0.3) is 0 Å². The molecule has 5 aromatic carbocycles. The summed E-state index contributed by atoms with van der Waals surface area (Å²) in [6, 6.07) is 42.9. The number of ether oxygens (including phenoxy) is 3. The molecule has 1 N–H and O–H groups in total. The smallest absolute Gasteiger partial charge is 0.330 e. The van der Waals surface area contributed by atoms with Crippen molar-refractivity contribution >= 4 is 0 Å². The highest BCUT2D eigenvalue weighted by molar-refractivity contribution is 5.60. The van der Waals surface area contributed by atoms with Crippen LogP contribution < -0.4 is 16.0 Å². The van der Waals surface area contributed by atoms with E-state index in [0.717, 1.165) is 38.9 Å². The first-order chi connectivity index (χ1) is 26.3. The van der Waals surface area contributed by atoms with Crippen LogP contribution in [-0.2, 0) is 15.1 Å². The van der Waals surface area contributed by atoms with Gasteiger partial charge in [0.2, 0.25) is 0 Å². The molecular formula is C44H37N3O7. The molecule has 1 aliphatic heterocycles. The summed E-state index contributed by atoms with van der Waals surface area (Å²) in [5, 5.41) is 14.3. The number of methoxy groups -OCH3 is 1. The van der Waals surface area contributed by atoms with Crippen molar-refractivity contribution in [3.63, 3.8) is 0 Å². The van der Waals surface area contributed by atoms with Gasteiger partial charge in [0.25, 0.3) is 11.1 Å². The van der Waals surface area contributed by atoms with Crippen molar-refractivity contribution in [2.75, 3.05) is 13.7 Å². The topological polar surface area (TPSA) is 126 Å². The Bertz CT molecular complexity index is 2410. The Morgan fingerprint density at radius 1 is 0.778 bits per heavy atom. The number of nitrogens with one attached hydrogen (secondary N) is 1. The van der Waals surface area contributed by atoms with Gasteiger partial charge in [-0.25, -0.2) is 4.79 Å². The second-order valence-electron chi connectivity index (χ2n) is 14.3. The van der Waals surface area contributed by atoms with Gasteiger partial charge < -0.3 is 14.2 Å². The van der Waals surface area contributed by atoms with E-state index in [9.17, 15) is 19.7 Å². The van der Waals surface area contributed by atoms with E-state index in [1.807, 2.05) is 133 Å². The summed E-state index contributed by atoms with van der Waals surface area (Å²) in [6.45, 7) is 1.39. The molecule has 1 aromatic heterocycles. The van der Waals surface area contributed by atoms with Crippen LogP contribution in [0.15, 0.2) is 149 Å². The Hall–Kier alpha value is -6.10. The van der Waals surface area contributed by atoms with Gasteiger partial charge >= 0.3 is 5.69 Å². The van der Waals surface area contributed by atoms with Crippen LogP contribution in [0.4, 0.5) is 0 Å². The fourth-order valence-electron chi connectivity index (χ4n) is 9.60. The van der Waals surface area contributed by atoms with Crippen LogP contribution in [0.5, 0.6) is 5.75 Å². The lowest BCUT2D eigenvalue weighted by Crippen LogP contribution is -2.63. The number of aryl methyl sites for hydroxylation is 1. The summed E-state index contributed by atoms with van der Waals surface area (Å²) in [4.78, 5) is 42.8. The lowest BCUT2D eigenvalue weighted by molar-refractivity contribution is -0.591. The zero-order chi connectivity index (χ0) is 37.2. The molecule has 4 atom stereocenters. The van der Waals surface area contributed by atoms with Gasteiger partial charge in [-0.3, -0.25) is 24.5 Å². The van der Waals surface area contributed by atoms with E-state index in [0.29, 0.717) is 5.75 Å². The molecule has 6 aromatic rings. The van der Waals surface area contributed by atoms with Gasteiger partial charge in [0.1, 0.15) is 17.6 Å². The molecule has 4 aliphatic rings. The number of H-pyrrole nitrogens is 1. The minimum atomic E-state index is -1.78. The maximum absolute atomic E-state index is 14.3. The minimum Gasteiger partial charge on any atom is -0.497 e. The third kappa shape index (κ3) is 4.73. The van der Waals surface area contributed by atoms with Crippen molar-refractivity contribution in [3.05, 3.63) is 215 Å². The molecule has 10 heteroatoms. The zero-order valence-corrected chi connectivity index (χ0v) is 29.6. The average molecular weight is 720 g/mol. The number of nitro groups is 1. The fraction of sp³-hybridized carbons (Fsp3) is 0.227. The molecule has 0 radical (unpaired) electrons. The zero-order valence-electron chi connectivity index (χ0n) is 29.6. The number of benzene rings is 5. The second kappa shape index (κ2) is 12.8. The number of nitrogens with zero attached hydrogens (tertiary/aromatic N) is 2. The monoisotopic (exact) mass is 719 g/mol. The summed E-state index contributed by atoms with van der Waals surface area (Å²) in [7, 11) is 1.61. The van der Waals surface area contributed by atoms with E-state index in [-0.39, 0.29) is 17.1 Å². The van der Waals surface area contributed by atoms with E-state index in [4.69, 9.17) is 14.2 Å². The van der Waals surface area contributed by atoms with Crippen molar-refractivity contribution in [3.8, 4) is 5.75 Å².